The van der Waals surface area contributed by atoms with Gasteiger partial charge < -0.3 is 14.7 Å². The first-order valence-corrected chi connectivity index (χ1v) is 8.09. The van der Waals surface area contributed by atoms with Crippen LogP contribution in [0.4, 0.5) is 0 Å². The first-order chi connectivity index (χ1) is 10.3. The zero-order chi connectivity index (χ0) is 15.1. The number of aliphatic hydroxyl groups excluding tert-OH is 1. The predicted octanol–water partition coefficient (Wildman–Crippen LogP) is 1.98. The molecule has 1 aromatic heterocycles. The number of carbonyl (C=O) groups excluding carboxylic acids is 1. The molecule has 5 heteroatoms. The lowest BCUT2D eigenvalue weighted by molar-refractivity contribution is 0.0575. The van der Waals surface area contributed by atoms with Crippen LogP contribution in [0.3, 0.4) is 0 Å². The maximum absolute atomic E-state index is 12.6. The van der Waals surface area contributed by atoms with Crippen molar-refractivity contribution in [2.24, 2.45) is 5.92 Å². The average molecular weight is 307 g/mol. The number of carbonyl (C=O) groups is 1. The summed E-state index contributed by atoms with van der Waals surface area (Å²) in [6.45, 7) is 2.32. The average Bonchev–Trinajstić information content (AvgIpc) is 2.96. The first kappa shape index (κ1) is 16.0. The number of nitrogens with zero attached hydrogens (tertiary/aromatic N) is 1. The molecule has 1 aliphatic heterocycles. The second-order valence-corrected chi connectivity index (χ2v) is 6.07. The highest BCUT2D eigenvalue weighted by Crippen LogP contribution is 2.23. The fourth-order valence-corrected chi connectivity index (χ4v) is 3.37. The zero-order valence-corrected chi connectivity index (χ0v) is 13.1. The Morgan fingerprint density at radius 2 is 2.48 bits per heavy atom. The molecule has 1 amide bonds. The SMILES string of the molecule is COCC1CCCN(C(=O)c2sccc2C#CCCO)C1. The van der Waals surface area contributed by atoms with Crippen molar-refractivity contribution >= 4 is 17.2 Å². The fraction of sp³-hybridized carbons (Fsp3) is 0.562. The molecule has 114 valence electrons. The summed E-state index contributed by atoms with van der Waals surface area (Å²) in [5, 5.41) is 10.7. The van der Waals surface area contributed by atoms with Crippen LogP contribution in [-0.2, 0) is 4.74 Å². The summed E-state index contributed by atoms with van der Waals surface area (Å²) >= 11 is 1.44. The number of hydrogen-bond acceptors (Lipinski definition) is 4. The van der Waals surface area contributed by atoms with Crippen molar-refractivity contribution in [2.45, 2.75) is 19.3 Å². The molecule has 1 unspecified atom stereocenters. The smallest absolute Gasteiger partial charge is 0.265 e. The highest BCUT2D eigenvalue weighted by molar-refractivity contribution is 7.12. The van der Waals surface area contributed by atoms with Crippen molar-refractivity contribution in [3.8, 4) is 11.8 Å². The summed E-state index contributed by atoms with van der Waals surface area (Å²) < 4.78 is 5.21. The van der Waals surface area contributed by atoms with E-state index in [-0.39, 0.29) is 12.5 Å². The predicted molar refractivity (Wildman–Crippen MR) is 83.4 cm³/mol. The van der Waals surface area contributed by atoms with E-state index in [1.807, 2.05) is 16.3 Å². The molecule has 2 rings (SSSR count). The van der Waals surface area contributed by atoms with Crippen LogP contribution >= 0.6 is 11.3 Å². The summed E-state index contributed by atoms with van der Waals surface area (Å²) in [5.74, 6) is 6.36. The molecular formula is C16H21NO3S. The van der Waals surface area contributed by atoms with E-state index in [9.17, 15) is 4.79 Å². The maximum atomic E-state index is 12.6. The van der Waals surface area contributed by atoms with Gasteiger partial charge in [0.25, 0.3) is 5.91 Å². The van der Waals surface area contributed by atoms with Crippen molar-refractivity contribution in [3.63, 3.8) is 0 Å². The Morgan fingerprint density at radius 3 is 3.24 bits per heavy atom. The van der Waals surface area contributed by atoms with Crippen LogP contribution in [0.2, 0.25) is 0 Å². The number of methoxy groups -OCH3 is 1. The topological polar surface area (TPSA) is 49.8 Å². The van der Waals surface area contributed by atoms with Gasteiger partial charge in [-0.25, -0.2) is 0 Å². The number of likely N-dealkylation sites (tertiary alicyclic amines) is 1. The Balaban J connectivity index is 2.06. The highest BCUT2D eigenvalue weighted by atomic mass is 32.1. The standard InChI is InChI=1S/C16H21NO3S/c1-20-12-13-5-4-8-17(11-13)16(19)15-14(7-10-21-15)6-2-3-9-18/h7,10,13,18H,3-5,8-9,11-12H2,1H3. The molecule has 1 aromatic rings. The van der Waals surface area contributed by atoms with E-state index < -0.39 is 0 Å². The number of hydrogen-bond donors (Lipinski definition) is 1. The van der Waals surface area contributed by atoms with Crippen LogP contribution < -0.4 is 0 Å². The van der Waals surface area contributed by atoms with Crippen LogP contribution in [0.1, 0.15) is 34.5 Å². The van der Waals surface area contributed by atoms with Gasteiger partial charge in [-0.3, -0.25) is 4.79 Å². The van der Waals surface area contributed by atoms with Gasteiger partial charge in [-0.15, -0.1) is 11.3 Å². The van der Waals surface area contributed by atoms with Crippen LogP contribution in [0.25, 0.3) is 0 Å². The normalized spacial score (nSPS) is 18.2. The van der Waals surface area contributed by atoms with Crippen LogP contribution in [0, 0.1) is 17.8 Å². The number of rotatable bonds is 4. The van der Waals surface area contributed by atoms with E-state index in [0.29, 0.717) is 23.8 Å². The van der Waals surface area contributed by atoms with Crippen molar-refractivity contribution < 1.29 is 14.6 Å². The van der Waals surface area contributed by atoms with Gasteiger partial charge in [0.2, 0.25) is 0 Å². The van der Waals surface area contributed by atoms with E-state index in [1.54, 1.807) is 7.11 Å². The number of piperidine rings is 1. The molecule has 1 N–H and O–H groups in total. The van der Waals surface area contributed by atoms with E-state index >= 15 is 0 Å². The van der Waals surface area contributed by atoms with Crippen molar-refractivity contribution in [1.29, 1.82) is 0 Å². The third kappa shape index (κ3) is 4.31. The Labute approximate surface area is 129 Å². The molecule has 1 aliphatic rings. The lowest BCUT2D eigenvalue weighted by atomic mass is 9.98. The number of thiophene rings is 1. The summed E-state index contributed by atoms with van der Waals surface area (Å²) in [6.07, 6.45) is 2.57. The van der Waals surface area contributed by atoms with Gasteiger partial charge in [0.1, 0.15) is 4.88 Å². The van der Waals surface area contributed by atoms with E-state index in [2.05, 4.69) is 11.8 Å². The van der Waals surface area contributed by atoms with E-state index in [1.165, 1.54) is 11.3 Å². The Hall–Kier alpha value is -1.35. The van der Waals surface area contributed by atoms with Gasteiger partial charge in [0.05, 0.1) is 13.2 Å². The number of amides is 1. The highest BCUT2D eigenvalue weighted by Gasteiger charge is 2.26. The monoisotopic (exact) mass is 307 g/mol. The second kappa shape index (κ2) is 8.18. The quantitative estimate of drug-likeness (QED) is 0.865. The molecule has 0 saturated carbocycles. The fourth-order valence-electron chi connectivity index (χ4n) is 2.55. The van der Waals surface area contributed by atoms with Crippen molar-refractivity contribution in [1.82, 2.24) is 4.90 Å². The number of ether oxygens (including phenoxy) is 1. The lowest BCUT2D eigenvalue weighted by Gasteiger charge is -2.32. The van der Waals surface area contributed by atoms with Gasteiger partial charge in [0, 0.05) is 32.2 Å². The van der Waals surface area contributed by atoms with Gasteiger partial charge in [-0.05, 0) is 30.2 Å². The minimum atomic E-state index is 0.0469. The van der Waals surface area contributed by atoms with Gasteiger partial charge >= 0.3 is 0 Å². The summed E-state index contributed by atoms with van der Waals surface area (Å²) in [7, 11) is 1.70. The molecule has 1 fully saturated rings. The van der Waals surface area contributed by atoms with Crippen LogP contribution in [0.15, 0.2) is 11.4 Å². The molecule has 21 heavy (non-hydrogen) atoms. The van der Waals surface area contributed by atoms with Gasteiger partial charge in [-0.2, -0.15) is 0 Å². The molecule has 0 bridgehead atoms. The largest absolute Gasteiger partial charge is 0.395 e. The lowest BCUT2D eigenvalue weighted by Crippen LogP contribution is -2.41. The zero-order valence-electron chi connectivity index (χ0n) is 12.3. The second-order valence-electron chi connectivity index (χ2n) is 5.15. The molecule has 0 radical (unpaired) electrons. The molecule has 0 aromatic carbocycles. The molecule has 4 nitrogen and oxygen atoms in total. The first-order valence-electron chi connectivity index (χ1n) is 7.21. The summed E-state index contributed by atoms with van der Waals surface area (Å²) in [5.41, 5.74) is 0.771. The Kier molecular flexibility index (Phi) is 6.24. The van der Waals surface area contributed by atoms with Crippen molar-refractivity contribution in [3.05, 3.63) is 21.9 Å². The van der Waals surface area contributed by atoms with Gasteiger partial charge in [0.15, 0.2) is 0 Å². The molecule has 0 aliphatic carbocycles. The minimum absolute atomic E-state index is 0.0469. The molecule has 1 saturated heterocycles. The third-order valence-corrected chi connectivity index (χ3v) is 4.43. The Bertz CT molecular complexity index is 527. The molecular weight excluding hydrogens is 286 g/mol. The molecule has 2 heterocycles. The third-order valence-electron chi connectivity index (χ3n) is 3.53. The summed E-state index contributed by atoms with van der Waals surface area (Å²) in [6, 6.07) is 1.87. The van der Waals surface area contributed by atoms with Crippen LogP contribution in [0.5, 0.6) is 0 Å². The number of aliphatic hydroxyl groups is 1. The summed E-state index contributed by atoms with van der Waals surface area (Å²) in [4.78, 5) is 15.3. The maximum Gasteiger partial charge on any atom is 0.265 e. The minimum Gasteiger partial charge on any atom is -0.395 e. The van der Waals surface area contributed by atoms with Crippen LogP contribution in [-0.4, -0.2) is 49.3 Å². The van der Waals surface area contributed by atoms with E-state index in [4.69, 9.17) is 9.84 Å². The molecule has 1 atom stereocenters. The van der Waals surface area contributed by atoms with Gasteiger partial charge in [-0.1, -0.05) is 11.8 Å². The van der Waals surface area contributed by atoms with E-state index in [0.717, 1.165) is 31.5 Å². The molecule has 0 spiro atoms. The Morgan fingerprint density at radius 1 is 1.62 bits per heavy atom. The van der Waals surface area contributed by atoms with Crippen molar-refractivity contribution in [2.75, 3.05) is 33.4 Å².